The number of nitrogens with zero attached hydrogens (tertiary/aromatic N) is 1. The maximum atomic E-state index is 12.7. The number of hydrogen-bond acceptors (Lipinski definition) is 4. The molecule has 1 saturated heterocycles. The van der Waals surface area contributed by atoms with Gasteiger partial charge in [0.2, 0.25) is 15.9 Å². The smallest absolute Gasteiger partial charge is 0.254 e. The van der Waals surface area contributed by atoms with Gasteiger partial charge in [-0.1, -0.05) is 36.4 Å². The maximum absolute atomic E-state index is 12.7. The second-order valence-corrected chi connectivity index (χ2v) is 8.07. The van der Waals surface area contributed by atoms with E-state index in [9.17, 15) is 18.0 Å². The summed E-state index contributed by atoms with van der Waals surface area (Å²) in [7, 11) is -3.81. The molecule has 1 atom stereocenters. The minimum Gasteiger partial charge on any atom is -0.353 e. The van der Waals surface area contributed by atoms with E-state index in [1.807, 2.05) is 30.3 Å². The molecule has 2 N–H and O–H groups in total. The summed E-state index contributed by atoms with van der Waals surface area (Å²) in [6, 6.07) is 14.7. The van der Waals surface area contributed by atoms with Gasteiger partial charge in [-0.25, -0.2) is 13.1 Å². The summed E-state index contributed by atoms with van der Waals surface area (Å²) in [5.41, 5.74) is 1.08. The SMILES string of the molecule is C[C@H](NS(=O)(=O)c1cccc(C(=O)N2CCNC(=O)C2)c1)c1ccccc1. The molecule has 0 spiro atoms. The Labute approximate surface area is 158 Å². The van der Waals surface area contributed by atoms with Gasteiger partial charge in [0.25, 0.3) is 5.91 Å². The van der Waals surface area contributed by atoms with E-state index in [2.05, 4.69) is 10.0 Å². The lowest BCUT2D eigenvalue weighted by molar-refractivity contribution is -0.123. The molecule has 7 nitrogen and oxygen atoms in total. The summed E-state index contributed by atoms with van der Waals surface area (Å²) in [6.07, 6.45) is 0. The molecule has 2 aromatic rings. The first-order valence-electron chi connectivity index (χ1n) is 8.60. The molecule has 1 heterocycles. The van der Waals surface area contributed by atoms with Crippen LogP contribution in [0.25, 0.3) is 0 Å². The fraction of sp³-hybridized carbons (Fsp3) is 0.263. The van der Waals surface area contributed by atoms with Crippen LogP contribution < -0.4 is 10.0 Å². The Kier molecular flexibility index (Phi) is 5.57. The van der Waals surface area contributed by atoms with Crippen molar-refractivity contribution < 1.29 is 18.0 Å². The number of nitrogens with one attached hydrogen (secondary N) is 2. The van der Waals surface area contributed by atoms with Crippen molar-refractivity contribution in [3.05, 3.63) is 65.7 Å². The Morgan fingerprint density at radius 3 is 2.59 bits per heavy atom. The van der Waals surface area contributed by atoms with Gasteiger partial charge in [0, 0.05) is 24.7 Å². The Morgan fingerprint density at radius 2 is 1.89 bits per heavy atom. The van der Waals surface area contributed by atoms with Crippen LogP contribution in [0.3, 0.4) is 0 Å². The molecule has 8 heteroatoms. The van der Waals surface area contributed by atoms with Crippen LogP contribution >= 0.6 is 0 Å². The van der Waals surface area contributed by atoms with E-state index in [1.165, 1.54) is 23.1 Å². The topological polar surface area (TPSA) is 95.6 Å². The predicted octanol–water partition coefficient (Wildman–Crippen LogP) is 1.30. The zero-order chi connectivity index (χ0) is 19.4. The van der Waals surface area contributed by atoms with Crippen molar-refractivity contribution in [2.45, 2.75) is 17.9 Å². The van der Waals surface area contributed by atoms with E-state index in [0.717, 1.165) is 5.56 Å². The molecule has 0 saturated carbocycles. The standard InChI is InChI=1S/C19H21N3O4S/c1-14(15-6-3-2-4-7-15)21-27(25,26)17-9-5-8-16(12-17)19(24)22-11-10-20-18(23)13-22/h2-9,12,14,21H,10-11,13H2,1H3,(H,20,23)/t14-/m0/s1. The molecule has 142 valence electrons. The molecular formula is C19H21N3O4S. The van der Waals surface area contributed by atoms with Gasteiger partial charge in [-0.3, -0.25) is 9.59 Å². The monoisotopic (exact) mass is 387 g/mol. The van der Waals surface area contributed by atoms with Crippen molar-refractivity contribution in [1.29, 1.82) is 0 Å². The molecule has 2 amide bonds. The zero-order valence-electron chi connectivity index (χ0n) is 14.9. The Balaban J connectivity index is 1.79. The van der Waals surface area contributed by atoms with Crippen LogP contribution in [0.2, 0.25) is 0 Å². The third-order valence-electron chi connectivity index (χ3n) is 4.35. The number of rotatable bonds is 5. The Morgan fingerprint density at radius 1 is 1.15 bits per heavy atom. The molecule has 0 bridgehead atoms. The largest absolute Gasteiger partial charge is 0.353 e. The van der Waals surface area contributed by atoms with Crippen LogP contribution in [-0.2, 0) is 14.8 Å². The van der Waals surface area contributed by atoms with E-state index >= 15 is 0 Å². The average molecular weight is 387 g/mol. The van der Waals surface area contributed by atoms with E-state index in [1.54, 1.807) is 13.0 Å². The lowest BCUT2D eigenvalue weighted by atomic mass is 10.1. The molecule has 0 aliphatic carbocycles. The highest BCUT2D eigenvalue weighted by Gasteiger charge is 2.24. The zero-order valence-corrected chi connectivity index (χ0v) is 15.7. The molecule has 1 aliphatic heterocycles. The molecule has 27 heavy (non-hydrogen) atoms. The minimum atomic E-state index is -3.81. The highest BCUT2D eigenvalue weighted by atomic mass is 32.2. The van der Waals surface area contributed by atoms with Gasteiger partial charge in [-0.15, -0.1) is 0 Å². The van der Waals surface area contributed by atoms with Crippen molar-refractivity contribution >= 4 is 21.8 Å². The number of carbonyl (C=O) groups excluding carboxylic acids is 2. The first-order chi connectivity index (χ1) is 12.9. The number of hydrogen-bond donors (Lipinski definition) is 2. The van der Waals surface area contributed by atoms with Crippen molar-refractivity contribution in [3.8, 4) is 0 Å². The summed E-state index contributed by atoms with van der Waals surface area (Å²) in [5, 5.41) is 2.65. The highest BCUT2D eigenvalue weighted by Crippen LogP contribution is 2.18. The third-order valence-corrected chi connectivity index (χ3v) is 5.89. The Bertz CT molecular complexity index is 944. The molecule has 3 rings (SSSR count). The lowest BCUT2D eigenvalue weighted by Crippen LogP contribution is -2.50. The molecule has 0 aromatic heterocycles. The molecule has 2 aromatic carbocycles. The summed E-state index contributed by atoms with van der Waals surface area (Å²) >= 11 is 0. The van der Waals surface area contributed by atoms with Crippen molar-refractivity contribution in [2.24, 2.45) is 0 Å². The minimum absolute atomic E-state index is 0.0117. The van der Waals surface area contributed by atoms with Crippen LogP contribution in [-0.4, -0.2) is 44.8 Å². The van der Waals surface area contributed by atoms with Gasteiger partial charge in [0.05, 0.1) is 11.4 Å². The van der Waals surface area contributed by atoms with E-state index in [0.29, 0.717) is 13.1 Å². The predicted molar refractivity (Wildman–Crippen MR) is 101 cm³/mol. The quantitative estimate of drug-likeness (QED) is 0.808. The van der Waals surface area contributed by atoms with Crippen LogP contribution in [0.4, 0.5) is 0 Å². The van der Waals surface area contributed by atoms with Crippen LogP contribution in [0.5, 0.6) is 0 Å². The number of piperazine rings is 1. The molecule has 1 aliphatic rings. The summed E-state index contributed by atoms with van der Waals surface area (Å²) in [6.45, 7) is 2.51. The number of amides is 2. The molecular weight excluding hydrogens is 366 g/mol. The second kappa shape index (κ2) is 7.89. The first-order valence-corrected chi connectivity index (χ1v) is 10.1. The fourth-order valence-corrected chi connectivity index (χ4v) is 4.18. The Hall–Kier alpha value is -2.71. The van der Waals surface area contributed by atoms with Crippen LogP contribution in [0, 0.1) is 0 Å². The maximum Gasteiger partial charge on any atom is 0.254 e. The summed E-state index contributed by atoms with van der Waals surface area (Å²) in [4.78, 5) is 25.5. The summed E-state index contributed by atoms with van der Waals surface area (Å²) < 4.78 is 28.1. The van der Waals surface area contributed by atoms with Gasteiger partial charge in [0.1, 0.15) is 0 Å². The fourth-order valence-electron chi connectivity index (χ4n) is 2.90. The summed E-state index contributed by atoms with van der Waals surface area (Å²) in [5.74, 6) is -0.588. The lowest BCUT2D eigenvalue weighted by Gasteiger charge is -2.26. The van der Waals surface area contributed by atoms with Gasteiger partial charge < -0.3 is 10.2 Å². The second-order valence-electron chi connectivity index (χ2n) is 6.36. The van der Waals surface area contributed by atoms with E-state index < -0.39 is 16.1 Å². The molecule has 0 radical (unpaired) electrons. The highest BCUT2D eigenvalue weighted by molar-refractivity contribution is 7.89. The van der Waals surface area contributed by atoms with Gasteiger partial charge >= 0.3 is 0 Å². The van der Waals surface area contributed by atoms with Crippen LogP contribution in [0.1, 0.15) is 28.9 Å². The van der Waals surface area contributed by atoms with Crippen molar-refractivity contribution in [2.75, 3.05) is 19.6 Å². The number of sulfonamides is 1. The molecule has 0 unspecified atom stereocenters. The molecule has 1 fully saturated rings. The van der Waals surface area contributed by atoms with Gasteiger partial charge in [0.15, 0.2) is 0 Å². The first kappa shape index (κ1) is 19.1. The van der Waals surface area contributed by atoms with Gasteiger partial charge in [-0.05, 0) is 30.7 Å². The third kappa shape index (κ3) is 4.53. The van der Waals surface area contributed by atoms with Crippen LogP contribution in [0.15, 0.2) is 59.5 Å². The van der Waals surface area contributed by atoms with Crippen molar-refractivity contribution in [3.63, 3.8) is 0 Å². The number of benzene rings is 2. The van der Waals surface area contributed by atoms with Crippen molar-refractivity contribution in [1.82, 2.24) is 14.9 Å². The average Bonchev–Trinajstić information content (AvgIpc) is 2.68. The normalized spacial score (nSPS) is 15.9. The van der Waals surface area contributed by atoms with E-state index in [4.69, 9.17) is 0 Å². The van der Waals surface area contributed by atoms with Gasteiger partial charge in [-0.2, -0.15) is 0 Å². The van der Waals surface area contributed by atoms with E-state index in [-0.39, 0.29) is 28.8 Å². The number of carbonyl (C=O) groups is 2.